The Hall–Kier alpha value is -1.96. The van der Waals surface area contributed by atoms with Gasteiger partial charge >= 0.3 is 5.69 Å². The van der Waals surface area contributed by atoms with E-state index in [4.69, 9.17) is 4.74 Å². The molecule has 2 unspecified atom stereocenters. The van der Waals surface area contributed by atoms with Gasteiger partial charge in [-0.05, 0) is 19.8 Å². The van der Waals surface area contributed by atoms with E-state index in [1.165, 1.54) is 6.20 Å². The van der Waals surface area contributed by atoms with Crippen molar-refractivity contribution in [1.29, 1.82) is 0 Å². The first-order chi connectivity index (χ1) is 10.0. The maximum absolute atomic E-state index is 11.2. The van der Waals surface area contributed by atoms with Gasteiger partial charge in [0.1, 0.15) is 6.20 Å². The molecule has 0 saturated carbocycles. The van der Waals surface area contributed by atoms with Crippen LogP contribution in [0.5, 0.6) is 0 Å². The van der Waals surface area contributed by atoms with E-state index in [2.05, 4.69) is 15.3 Å². The van der Waals surface area contributed by atoms with Gasteiger partial charge in [-0.15, -0.1) is 0 Å². The lowest BCUT2D eigenvalue weighted by Crippen LogP contribution is -2.37. The smallest absolute Gasteiger partial charge is 0.329 e. The summed E-state index contributed by atoms with van der Waals surface area (Å²) in [7, 11) is 1.81. The summed E-state index contributed by atoms with van der Waals surface area (Å²) in [4.78, 5) is 20.9. The third kappa shape index (κ3) is 3.38. The van der Waals surface area contributed by atoms with Crippen LogP contribution in [-0.2, 0) is 4.74 Å². The van der Waals surface area contributed by atoms with Crippen molar-refractivity contribution in [3.05, 3.63) is 16.3 Å². The predicted octanol–water partition coefficient (Wildman–Crippen LogP) is 1.82. The van der Waals surface area contributed by atoms with Crippen LogP contribution in [-0.4, -0.2) is 47.2 Å². The highest BCUT2D eigenvalue weighted by Gasteiger charge is 2.32. The van der Waals surface area contributed by atoms with Gasteiger partial charge in [-0.25, -0.2) is 4.98 Å². The molecule has 1 fully saturated rings. The van der Waals surface area contributed by atoms with Gasteiger partial charge in [-0.1, -0.05) is 6.92 Å². The second-order valence-electron chi connectivity index (χ2n) is 5.13. The van der Waals surface area contributed by atoms with E-state index in [1.807, 2.05) is 25.8 Å². The van der Waals surface area contributed by atoms with Crippen LogP contribution in [0, 0.1) is 10.1 Å². The Labute approximate surface area is 123 Å². The number of hydrogen-bond acceptors (Lipinski definition) is 7. The molecular weight excluding hydrogens is 274 g/mol. The topological polar surface area (TPSA) is 93.4 Å². The Balaban J connectivity index is 2.31. The zero-order chi connectivity index (χ0) is 15.4. The van der Waals surface area contributed by atoms with Gasteiger partial charge in [0.15, 0.2) is 0 Å². The van der Waals surface area contributed by atoms with Crippen molar-refractivity contribution >= 4 is 17.5 Å². The van der Waals surface area contributed by atoms with Crippen molar-refractivity contribution in [3.8, 4) is 0 Å². The van der Waals surface area contributed by atoms with Gasteiger partial charge in [0, 0.05) is 20.2 Å². The molecule has 0 aromatic carbocycles. The molecule has 0 aliphatic carbocycles. The molecule has 1 aliphatic heterocycles. The monoisotopic (exact) mass is 295 g/mol. The number of ether oxygens (including phenoxy) is 1. The van der Waals surface area contributed by atoms with E-state index in [-0.39, 0.29) is 17.8 Å². The second kappa shape index (κ2) is 6.66. The third-order valence-corrected chi connectivity index (χ3v) is 3.65. The Bertz CT molecular complexity index is 511. The Morgan fingerprint density at radius 3 is 2.95 bits per heavy atom. The standard InChI is InChI=1S/C13H21N5O3/c1-4-6-14-13-15-8-11(18(19)20)12(16-13)17(3)10-5-7-21-9(10)2/h8-10H,4-7H2,1-3H3,(H,14,15,16). The van der Waals surface area contributed by atoms with Gasteiger partial charge in [-0.2, -0.15) is 4.98 Å². The fourth-order valence-electron chi connectivity index (χ4n) is 2.46. The number of nitrogens with one attached hydrogen (secondary N) is 1. The zero-order valence-electron chi connectivity index (χ0n) is 12.6. The van der Waals surface area contributed by atoms with Crippen molar-refractivity contribution in [2.45, 2.75) is 38.8 Å². The molecule has 2 rings (SSSR count). The Kier molecular flexibility index (Phi) is 4.89. The number of nitrogens with zero attached hydrogens (tertiary/aromatic N) is 4. The van der Waals surface area contributed by atoms with Crippen LogP contribution >= 0.6 is 0 Å². The minimum Gasteiger partial charge on any atom is -0.376 e. The highest BCUT2D eigenvalue weighted by atomic mass is 16.6. The normalized spacial score (nSPS) is 21.3. The SMILES string of the molecule is CCCNc1ncc([N+](=O)[O-])c(N(C)C2CCOC2C)n1. The van der Waals surface area contributed by atoms with Gasteiger partial charge in [0.25, 0.3) is 0 Å². The number of rotatable bonds is 6. The minimum atomic E-state index is -0.449. The van der Waals surface area contributed by atoms with E-state index < -0.39 is 4.92 Å². The van der Waals surface area contributed by atoms with Crippen molar-refractivity contribution in [2.75, 3.05) is 30.4 Å². The lowest BCUT2D eigenvalue weighted by molar-refractivity contribution is -0.384. The molecule has 0 spiro atoms. The Morgan fingerprint density at radius 1 is 1.62 bits per heavy atom. The molecule has 0 amide bonds. The molecule has 21 heavy (non-hydrogen) atoms. The highest BCUT2D eigenvalue weighted by Crippen LogP contribution is 2.30. The van der Waals surface area contributed by atoms with Gasteiger partial charge < -0.3 is 15.0 Å². The van der Waals surface area contributed by atoms with Crippen molar-refractivity contribution in [3.63, 3.8) is 0 Å². The van der Waals surface area contributed by atoms with E-state index in [1.54, 1.807) is 0 Å². The first-order valence-electron chi connectivity index (χ1n) is 7.14. The fraction of sp³-hybridized carbons (Fsp3) is 0.692. The van der Waals surface area contributed by atoms with E-state index in [0.29, 0.717) is 18.4 Å². The molecule has 8 heteroatoms. The molecule has 1 saturated heterocycles. The van der Waals surface area contributed by atoms with E-state index in [9.17, 15) is 10.1 Å². The zero-order valence-corrected chi connectivity index (χ0v) is 12.6. The first kappa shape index (κ1) is 15.4. The summed E-state index contributed by atoms with van der Waals surface area (Å²) >= 11 is 0. The van der Waals surface area contributed by atoms with Crippen LogP contribution in [0.3, 0.4) is 0 Å². The average molecular weight is 295 g/mol. The molecule has 1 aliphatic rings. The van der Waals surface area contributed by atoms with Crippen LogP contribution in [0.4, 0.5) is 17.5 Å². The maximum Gasteiger partial charge on any atom is 0.329 e. The summed E-state index contributed by atoms with van der Waals surface area (Å²) in [6.07, 6.45) is 3.05. The summed E-state index contributed by atoms with van der Waals surface area (Å²) in [6, 6.07) is 0.0811. The number of nitro groups is 1. The molecule has 0 radical (unpaired) electrons. The lowest BCUT2D eigenvalue weighted by Gasteiger charge is -2.27. The highest BCUT2D eigenvalue weighted by molar-refractivity contribution is 5.59. The molecule has 0 bridgehead atoms. The van der Waals surface area contributed by atoms with Gasteiger partial charge in [0.2, 0.25) is 11.8 Å². The number of likely N-dealkylation sites (N-methyl/N-ethyl adjacent to an activating group) is 1. The van der Waals surface area contributed by atoms with Gasteiger partial charge in [0.05, 0.1) is 17.1 Å². The van der Waals surface area contributed by atoms with Crippen molar-refractivity contribution in [2.24, 2.45) is 0 Å². The fourth-order valence-corrected chi connectivity index (χ4v) is 2.46. The van der Waals surface area contributed by atoms with Crippen LogP contribution in [0.1, 0.15) is 26.7 Å². The average Bonchev–Trinajstić information content (AvgIpc) is 2.90. The van der Waals surface area contributed by atoms with Crippen LogP contribution < -0.4 is 10.2 Å². The summed E-state index contributed by atoms with van der Waals surface area (Å²) in [5, 5.41) is 14.2. The quantitative estimate of drug-likeness (QED) is 0.632. The predicted molar refractivity (Wildman–Crippen MR) is 79.7 cm³/mol. The summed E-state index contributed by atoms with van der Waals surface area (Å²) < 4.78 is 5.53. The third-order valence-electron chi connectivity index (χ3n) is 3.65. The largest absolute Gasteiger partial charge is 0.376 e. The van der Waals surface area contributed by atoms with Gasteiger partial charge in [-0.3, -0.25) is 10.1 Å². The number of hydrogen-bond donors (Lipinski definition) is 1. The molecule has 2 heterocycles. The number of anilines is 2. The van der Waals surface area contributed by atoms with E-state index in [0.717, 1.165) is 19.4 Å². The minimum absolute atomic E-state index is 0.0246. The Morgan fingerprint density at radius 2 is 2.38 bits per heavy atom. The molecule has 1 N–H and O–H groups in total. The maximum atomic E-state index is 11.2. The second-order valence-corrected chi connectivity index (χ2v) is 5.13. The van der Waals surface area contributed by atoms with Crippen molar-refractivity contribution in [1.82, 2.24) is 9.97 Å². The molecule has 1 aromatic rings. The molecule has 1 aromatic heterocycles. The van der Waals surface area contributed by atoms with Crippen LogP contribution in [0.15, 0.2) is 6.20 Å². The summed E-state index contributed by atoms with van der Waals surface area (Å²) in [5.41, 5.74) is -0.0846. The molecule has 2 atom stereocenters. The van der Waals surface area contributed by atoms with Crippen molar-refractivity contribution < 1.29 is 9.66 Å². The number of aromatic nitrogens is 2. The summed E-state index contributed by atoms with van der Waals surface area (Å²) in [6.45, 7) is 5.39. The first-order valence-corrected chi connectivity index (χ1v) is 7.14. The van der Waals surface area contributed by atoms with Crippen LogP contribution in [0.2, 0.25) is 0 Å². The molecular formula is C13H21N5O3. The van der Waals surface area contributed by atoms with Crippen LogP contribution in [0.25, 0.3) is 0 Å². The molecule has 116 valence electrons. The summed E-state index contributed by atoms with van der Waals surface area (Å²) in [5.74, 6) is 0.742. The lowest BCUT2D eigenvalue weighted by atomic mass is 10.1. The van der Waals surface area contributed by atoms with E-state index >= 15 is 0 Å². The molecule has 8 nitrogen and oxygen atoms in total.